The fourth-order valence-electron chi connectivity index (χ4n) is 3.18. The molecule has 0 saturated heterocycles. The van der Waals surface area contributed by atoms with E-state index in [0.717, 1.165) is 12.8 Å². The van der Waals surface area contributed by atoms with Gasteiger partial charge in [0.25, 0.3) is 0 Å². The van der Waals surface area contributed by atoms with Gasteiger partial charge in [-0.25, -0.2) is 0 Å². The fraction of sp³-hybridized carbons (Fsp3) is 0.824. The van der Waals surface area contributed by atoms with Crippen molar-refractivity contribution in [1.29, 1.82) is 0 Å². The molecule has 3 nitrogen and oxygen atoms in total. The SMILES string of the molecule is C=C[C@]1(OCC)[C@@H](CCCCCCC)[C@@H]1C(=O)OCC. The molecule has 3 atom stereocenters. The van der Waals surface area contributed by atoms with E-state index in [-0.39, 0.29) is 17.8 Å². The van der Waals surface area contributed by atoms with Crippen molar-refractivity contribution in [3.05, 3.63) is 12.7 Å². The highest BCUT2D eigenvalue weighted by molar-refractivity contribution is 5.79. The molecule has 0 aromatic carbocycles. The van der Waals surface area contributed by atoms with Crippen LogP contribution in [0.1, 0.15) is 59.3 Å². The quantitative estimate of drug-likeness (QED) is 0.325. The summed E-state index contributed by atoms with van der Waals surface area (Å²) in [4.78, 5) is 12.1. The van der Waals surface area contributed by atoms with Crippen molar-refractivity contribution in [3.8, 4) is 0 Å². The number of esters is 1. The van der Waals surface area contributed by atoms with Crippen LogP contribution in [-0.4, -0.2) is 24.8 Å². The lowest BCUT2D eigenvalue weighted by molar-refractivity contribution is -0.146. The molecule has 3 heteroatoms. The van der Waals surface area contributed by atoms with Gasteiger partial charge in [0.05, 0.1) is 12.5 Å². The predicted octanol–water partition coefficient (Wildman–Crippen LogP) is 4.12. The van der Waals surface area contributed by atoms with Gasteiger partial charge in [0.2, 0.25) is 0 Å². The molecule has 0 bridgehead atoms. The smallest absolute Gasteiger partial charge is 0.312 e. The zero-order valence-electron chi connectivity index (χ0n) is 13.3. The van der Waals surface area contributed by atoms with E-state index in [9.17, 15) is 4.79 Å². The van der Waals surface area contributed by atoms with Crippen LogP contribution in [0.15, 0.2) is 12.7 Å². The Labute approximate surface area is 123 Å². The number of rotatable bonds is 11. The maximum absolute atomic E-state index is 12.1. The summed E-state index contributed by atoms with van der Waals surface area (Å²) < 4.78 is 11.0. The van der Waals surface area contributed by atoms with Gasteiger partial charge >= 0.3 is 5.97 Å². The normalized spacial score (nSPS) is 28.1. The largest absolute Gasteiger partial charge is 0.466 e. The van der Waals surface area contributed by atoms with Gasteiger partial charge in [-0.05, 0) is 20.3 Å². The minimum Gasteiger partial charge on any atom is -0.466 e. The van der Waals surface area contributed by atoms with Crippen LogP contribution in [-0.2, 0) is 14.3 Å². The van der Waals surface area contributed by atoms with Gasteiger partial charge in [0.15, 0.2) is 0 Å². The van der Waals surface area contributed by atoms with Crippen molar-refractivity contribution in [1.82, 2.24) is 0 Å². The molecule has 1 fully saturated rings. The summed E-state index contributed by atoms with van der Waals surface area (Å²) >= 11 is 0. The highest BCUT2D eigenvalue weighted by Crippen LogP contribution is 2.57. The van der Waals surface area contributed by atoms with Crippen LogP contribution >= 0.6 is 0 Å². The van der Waals surface area contributed by atoms with Crippen LogP contribution in [0.4, 0.5) is 0 Å². The lowest BCUT2D eigenvalue weighted by atomic mass is 10.1. The zero-order valence-corrected chi connectivity index (χ0v) is 13.3. The Morgan fingerprint density at radius 3 is 2.40 bits per heavy atom. The number of ether oxygens (including phenoxy) is 2. The Balaban J connectivity index is 2.52. The van der Waals surface area contributed by atoms with E-state index in [1.54, 1.807) is 0 Å². The molecular formula is C17H30O3. The molecule has 0 aromatic heterocycles. The van der Waals surface area contributed by atoms with Gasteiger partial charge in [-0.3, -0.25) is 4.79 Å². The first-order valence-electron chi connectivity index (χ1n) is 8.12. The summed E-state index contributed by atoms with van der Waals surface area (Å²) in [6.45, 7) is 10.9. The van der Waals surface area contributed by atoms with Gasteiger partial charge in [-0.1, -0.05) is 45.1 Å². The number of carbonyl (C=O) groups is 1. The first-order chi connectivity index (χ1) is 9.67. The Morgan fingerprint density at radius 2 is 1.85 bits per heavy atom. The minimum absolute atomic E-state index is 0.126. The predicted molar refractivity (Wildman–Crippen MR) is 81.5 cm³/mol. The molecule has 1 saturated carbocycles. The molecule has 0 amide bonds. The molecule has 0 heterocycles. The fourth-order valence-corrected chi connectivity index (χ4v) is 3.18. The van der Waals surface area contributed by atoms with E-state index in [2.05, 4.69) is 13.5 Å². The third-order valence-electron chi connectivity index (χ3n) is 4.23. The van der Waals surface area contributed by atoms with Crippen LogP contribution in [0, 0.1) is 11.8 Å². The highest BCUT2D eigenvalue weighted by atomic mass is 16.5. The Bertz CT molecular complexity index is 313. The molecule has 0 unspecified atom stereocenters. The van der Waals surface area contributed by atoms with Crippen molar-refractivity contribution in [3.63, 3.8) is 0 Å². The van der Waals surface area contributed by atoms with Gasteiger partial charge in [-0.2, -0.15) is 0 Å². The highest BCUT2D eigenvalue weighted by Gasteiger charge is 2.67. The number of unbranched alkanes of at least 4 members (excludes halogenated alkanes) is 4. The summed E-state index contributed by atoms with van der Waals surface area (Å²) in [7, 11) is 0. The Kier molecular flexibility index (Phi) is 7.28. The van der Waals surface area contributed by atoms with E-state index in [1.165, 1.54) is 25.7 Å². The maximum Gasteiger partial charge on any atom is 0.312 e. The standard InChI is InChI=1S/C17H30O3/c1-5-9-10-11-12-13-14-15(16(18)19-7-3)17(14,6-2)20-8-4/h6,14-15H,2,5,7-13H2,1,3-4H3/t14-,15+,17-/m0/s1. The van der Waals surface area contributed by atoms with Crippen LogP contribution in [0.5, 0.6) is 0 Å². The van der Waals surface area contributed by atoms with Crippen LogP contribution in [0.25, 0.3) is 0 Å². The molecule has 0 aromatic rings. The van der Waals surface area contributed by atoms with Crippen LogP contribution in [0.3, 0.4) is 0 Å². The third kappa shape index (κ3) is 3.85. The van der Waals surface area contributed by atoms with E-state index in [0.29, 0.717) is 13.2 Å². The molecule has 1 aliphatic rings. The van der Waals surface area contributed by atoms with Gasteiger partial charge in [0, 0.05) is 12.5 Å². The molecule has 0 spiro atoms. The Hall–Kier alpha value is -0.830. The van der Waals surface area contributed by atoms with Crippen molar-refractivity contribution in [2.24, 2.45) is 11.8 Å². The van der Waals surface area contributed by atoms with Crippen molar-refractivity contribution >= 4 is 5.97 Å². The molecular weight excluding hydrogens is 252 g/mol. The first-order valence-corrected chi connectivity index (χ1v) is 8.12. The van der Waals surface area contributed by atoms with E-state index in [4.69, 9.17) is 9.47 Å². The average Bonchev–Trinajstić information content (AvgIpc) is 3.07. The first kappa shape index (κ1) is 17.2. The van der Waals surface area contributed by atoms with Gasteiger partial charge in [-0.15, -0.1) is 6.58 Å². The molecule has 1 aliphatic carbocycles. The van der Waals surface area contributed by atoms with Crippen LogP contribution < -0.4 is 0 Å². The second kappa shape index (κ2) is 8.46. The van der Waals surface area contributed by atoms with Crippen molar-refractivity contribution in [2.45, 2.75) is 64.9 Å². The van der Waals surface area contributed by atoms with Gasteiger partial charge < -0.3 is 9.47 Å². The topological polar surface area (TPSA) is 35.5 Å². The third-order valence-corrected chi connectivity index (χ3v) is 4.23. The lowest BCUT2D eigenvalue weighted by Gasteiger charge is -2.13. The minimum atomic E-state index is -0.467. The van der Waals surface area contributed by atoms with Crippen molar-refractivity contribution in [2.75, 3.05) is 13.2 Å². The summed E-state index contributed by atoms with van der Waals surface area (Å²) in [5.74, 6) is -0.0221. The monoisotopic (exact) mass is 282 g/mol. The molecule has 0 aliphatic heterocycles. The van der Waals surface area contributed by atoms with E-state index in [1.807, 2.05) is 19.9 Å². The van der Waals surface area contributed by atoms with E-state index >= 15 is 0 Å². The summed E-state index contributed by atoms with van der Waals surface area (Å²) in [6, 6.07) is 0. The summed E-state index contributed by atoms with van der Waals surface area (Å²) in [5, 5.41) is 0. The Morgan fingerprint density at radius 1 is 1.15 bits per heavy atom. The maximum atomic E-state index is 12.1. The second-order valence-electron chi connectivity index (χ2n) is 5.53. The summed E-state index contributed by atoms with van der Waals surface area (Å²) in [6.07, 6.45) is 9.06. The molecule has 0 N–H and O–H groups in total. The second-order valence-corrected chi connectivity index (χ2v) is 5.53. The number of carbonyl (C=O) groups excluding carboxylic acids is 1. The number of hydrogen-bond acceptors (Lipinski definition) is 3. The van der Waals surface area contributed by atoms with Gasteiger partial charge in [0.1, 0.15) is 5.60 Å². The average molecular weight is 282 g/mol. The van der Waals surface area contributed by atoms with Crippen molar-refractivity contribution < 1.29 is 14.3 Å². The molecule has 116 valence electrons. The molecule has 1 rings (SSSR count). The molecule has 0 radical (unpaired) electrons. The molecule has 20 heavy (non-hydrogen) atoms. The summed E-state index contributed by atoms with van der Waals surface area (Å²) in [5.41, 5.74) is -0.467. The lowest BCUT2D eigenvalue weighted by Crippen LogP contribution is -2.20. The number of hydrogen-bond donors (Lipinski definition) is 0. The van der Waals surface area contributed by atoms with Crippen LogP contribution in [0.2, 0.25) is 0 Å². The zero-order chi connectivity index (χ0) is 15.0. The van der Waals surface area contributed by atoms with E-state index < -0.39 is 5.60 Å².